The number of rotatable bonds is 6. The zero-order valence-electron chi connectivity index (χ0n) is 13.6. The molecule has 24 heavy (non-hydrogen) atoms. The van der Waals surface area contributed by atoms with Crippen LogP contribution >= 0.6 is 0 Å². The predicted octanol–water partition coefficient (Wildman–Crippen LogP) is 2.54. The van der Waals surface area contributed by atoms with Crippen LogP contribution in [0.25, 0.3) is 5.76 Å². The van der Waals surface area contributed by atoms with Crippen LogP contribution in [-0.4, -0.2) is 28.9 Å². The molecule has 0 amide bonds. The molecule has 0 radical (unpaired) electrons. The highest BCUT2D eigenvalue weighted by atomic mass is 16.6. The van der Waals surface area contributed by atoms with Gasteiger partial charge in [-0.15, -0.1) is 0 Å². The first-order valence-corrected chi connectivity index (χ1v) is 7.02. The first-order valence-electron chi connectivity index (χ1n) is 7.02. The van der Waals surface area contributed by atoms with E-state index in [4.69, 9.17) is 25.3 Å². The molecule has 2 rings (SSSR count). The van der Waals surface area contributed by atoms with E-state index in [-0.39, 0.29) is 0 Å². The number of benzene rings is 1. The standard InChI is InChI=1S/C16H18N4O4/c1-10(11(2)18-21)16(24-17)13-7-5-4-6-12(13)15(20-22-3)14-8-9-23-19-14/h4-9,21H,17H2,1-3H3/b16-10-,18-11+,20-15+. The molecule has 2 aromatic rings. The van der Waals surface area contributed by atoms with Gasteiger partial charge in [0, 0.05) is 22.8 Å². The van der Waals surface area contributed by atoms with Crippen LogP contribution in [0, 0.1) is 0 Å². The highest BCUT2D eigenvalue weighted by Gasteiger charge is 2.20. The van der Waals surface area contributed by atoms with Crippen molar-refractivity contribution in [2.24, 2.45) is 16.2 Å². The molecular weight excluding hydrogens is 312 g/mol. The van der Waals surface area contributed by atoms with Crippen molar-refractivity contribution >= 4 is 17.2 Å². The highest BCUT2D eigenvalue weighted by molar-refractivity contribution is 6.14. The summed E-state index contributed by atoms with van der Waals surface area (Å²) in [6.45, 7) is 3.37. The van der Waals surface area contributed by atoms with Gasteiger partial charge in [-0.2, -0.15) is 5.90 Å². The van der Waals surface area contributed by atoms with Gasteiger partial charge in [-0.3, -0.25) is 0 Å². The summed E-state index contributed by atoms with van der Waals surface area (Å²) in [5, 5.41) is 20.1. The molecule has 8 heteroatoms. The van der Waals surface area contributed by atoms with Crippen LogP contribution in [0.5, 0.6) is 0 Å². The van der Waals surface area contributed by atoms with Crippen molar-refractivity contribution in [3.8, 4) is 0 Å². The lowest BCUT2D eigenvalue weighted by molar-refractivity contribution is 0.213. The Labute approximate surface area is 138 Å². The summed E-state index contributed by atoms with van der Waals surface area (Å²) in [4.78, 5) is 9.99. The minimum Gasteiger partial charge on any atom is -0.411 e. The molecule has 126 valence electrons. The third kappa shape index (κ3) is 3.44. The van der Waals surface area contributed by atoms with Crippen LogP contribution in [0.15, 0.2) is 57.0 Å². The second-order valence-electron chi connectivity index (χ2n) is 4.81. The Morgan fingerprint density at radius 2 is 1.92 bits per heavy atom. The maximum atomic E-state index is 9.00. The van der Waals surface area contributed by atoms with E-state index in [0.717, 1.165) is 0 Å². The lowest BCUT2D eigenvalue weighted by Crippen LogP contribution is -2.12. The van der Waals surface area contributed by atoms with Crippen molar-refractivity contribution in [3.63, 3.8) is 0 Å². The zero-order valence-corrected chi connectivity index (χ0v) is 13.6. The number of aromatic nitrogens is 1. The minimum atomic E-state index is 0.341. The van der Waals surface area contributed by atoms with Crippen molar-refractivity contribution < 1.29 is 19.4 Å². The number of nitrogens with zero attached hydrogens (tertiary/aromatic N) is 3. The minimum absolute atomic E-state index is 0.341. The molecule has 0 aliphatic carbocycles. The highest BCUT2D eigenvalue weighted by Crippen LogP contribution is 2.25. The van der Waals surface area contributed by atoms with Crippen molar-refractivity contribution in [2.45, 2.75) is 13.8 Å². The van der Waals surface area contributed by atoms with Crippen molar-refractivity contribution in [3.05, 3.63) is 59.0 Å². The normalized spacial score (nSPS) is 13.5. The van der Waals surface area contributed by atoms with E-state index in [2.05, 4.69) is 15.5 Å². The van der Waals surface area contributed by atoms with Gasteiger partial charge in [0.05, 0.1) is 5.71 Å². The molecule has 0 aliphatic rings. The summed E-state index contributed by atoms with van der Waals surface area (Å²) in [6, 6.07) is 8.94. The molecule has 0 atom stereocenters. The van der Waals surface area contributed by atoms with Crippen LogP contribution in [0.3, 0.4) is 0 Å². The third-order valence-corrected chi connectivity index (χ3v) is 3.44. The van der Waals surface area contributed by atoms with Gasteiger partial charge in [0.15, 0.2) is 5.76 Å². The molecule has 0 bridgehead atoms. The van der Waals surface area contributed by atoms with Crippen molar-refractivity contribution in [1.82, 2.24) is 5.16 Å². The fraction of sp³-hybridized carbons (Fsp3) is 0.188. The van der Waals surface area contributed by atoms with Crippen LogP contribution in [-0.2, 0) is 9.68 Å². The fourth-order valence-electron chi connectivity index (χ4n) is 2.14. The average molecular weight is 330 g/mol. The van der Waals surface area contributed by atoms with E-state index in [1.54, 1.807) is 26.0 Å². The third-order valence-electron chi connectivity index (χ3n) is 3.44. The predicted molar refractivity (Wildman–Crippen MR) is 88.4 cm³/mol. The topological polar surface area (TPSA) is 115 Å². The molecule has 8 nitrogen and oxygen atoms in total. The summed E-state index contributed by atoms with van der Waals surface area (Å²) < 4.78 is 4.89. The molecule has 0 aliphatic heterocycles. The maximum Gasteiger partial charge on any atom is 0.159 e. The first-order chi connectivity index (χ1) is 11.6. The van der Waals surface area contributed by atoms with Gasteiger partial charge in [-0.25, -0.2) is 0 Å². The summed E-state index contributed by atoms with van der Waals surface area (Å²) in [7, 11) is 1.44. The van der Waals surface area contributed by atoms with E-state index >= 15 is 0 Å². The SMILES string of the molecule is CO/N=C(/c1ccon1)c1ccccc1/C(ON)=C(C)/C(C)=N/O. The Morgan fingerprint density at radius 1 is 1.21 bits per heavy atom. The first kappa shape index (κ1) is 17.2. The zero-order chi connectivity index (χ0) is 17.5. The van der Waals surface area contributed by atoms with E-state index < -0.39 is 0 Å². The lowest BCUT2D eigenvalue weighted by Gasteiger charge is -2.14. The average Bonchev–Trinajstić information content (AvgIpc) is 3.14. The van der Waals surface area contributed by atoms with Crippen molar-refractivity contribution in [2.75, 3.05) is 7.11 Å². The number of hydrogen-bond donors (Lipinski definition) is 2. The molecule has 3 N–H and O–H groups in total. The van der Waals surface area contributed by atoms with Gasteiger partial charge in [0.25, 0.3) is 0 Å². The Bertz CT molecular complexity index is 779. The van der Waals surface area contributed by atoms with Gasteiger partial charge in [0.1, 0.15) is 24.8 Å². The molecule has 0 unspecified atom stereocenters. The quantitative estimate of drug-likeness (QED) is 0.364. The number of oxime groups is 2. The molecule has 0 saturated heterocycles. The molecule has 1 aromatic heterocycles. The van der Waals surface area contributed by atoms with E-state index in [1.807, 2.05) is 18.2 Å². The van der Waals surface area contributed by atoms with Crippen LogP contribution in [0.4, 0.5) is 0 Å². The van der Waals surface area contributed by atoms with E-state index in [1.165, 1.54) is 13.4 Å². The summed E-state index contributed by atoms with van der Waals surface area (Å²) in [5.74, 6) is 5.80. The second-order valence-corrected chi connectivity index (χ2v) is 4.81. The van der Waals surface area contributed by atoms with Crippen LogP contribution in [0.2, 0.25) is 0 Å². The summed E-state index contributed by atoms with van der Waals surface area (Å²) in [5.41, 5.74) is 3.19. The largest absolute Gasteiger partial charge is 0.411 e. The molecule has 1 aromatic carbocycles. The smallest absolute Gasteiger partial charge is 0.159 e. The van der Waals surface area contributed by atoms with Gasteiger partial charge in [-0.1, -0.05) is 39.7 Å². The second kappa shape index (κ2) is 7.93. The summed E-state index contributed by atoms with van der Waals surface area (Å²) in [6.07, 6.45) is 1.44. The Kier molecular flexibility index (Phi) is 5.69. The van der Waals surface area contributed by atoms with Gasteiger partial charge < -0.3 is 19.4 Å². The van der Waals surface area contributed by atoms with E-state index in [9.17, 15) is 0 Å². The van der Waals surface area contributed by atoms with Gasteiger partial charge >= 0.3 is 0 Å². The van der Waals surface area contributed by atoms with E-state index in [0.29, 0.717) is 39.6 Å². The Morgan fingerprint density at radius 3 is 2.46 bits per heavy atom. The maximum absolute atomic E-state index is 9.00. The Hall–Kier alpha value is -3.13. The molecule has 0 spiro atoms. The monoisotopic (exact) mass is 330 g/mol. The number of allylic oxidation sites excluding steroid dienone is 1. The van der Waals surface area contributed by atoms with Gasteiger partial charge in [-0.05, 0) is 13.8 Å². The number of nitrogens with two attached hydrogens (primary N) is 1. The molecule has 0 saturated carbocycles. The van der Waals surface area contributed by atoms with Crippen LogP contribution < -0.4 is 5.90 Å². The van der Waals surface area contributed by atoms with Crippen LogP contribution in [0.1, 0.15) is 30.7 Å². The number of hydrogen-bond acceptors (Lipinski definition) is 8. The fourth-order valence-corrected chi connectivity index (χ4v) is 2.14. The molecular formula is C16H18N4O4. The molecule has 0 fully saturated rings. The lowest BCUT2D eigenvalue weighted by atomic mass is 9.97. The van der Waals surface area contributed by atoms with Gasteiger partial charge in [0.2, 0.25) is 0 Å². The Balaban J connectivity index is 2.69. The molecule has 1 heterocycles. The van der Waals surface area contributed by atoms with Crippen molar-refractivity contribution in [1.29, 1.82) is 0 Å². The summed E-state index contributed by atoms with van der Waals surface area (Å²) >= 11 is 0.